The van der Waals surface area contributed by atoms with Gasteiger partial charge < -0.3 is 20.5 Å². The molecule has 10 heteroatoms. The van der Waals surface area contributed by atoms with Crippen molar-refractivity contribution in [3.8, 4) is 5.75 Å². The molecular weight excluding hydrogens is 475 g/mol. The minimum absolute atomic E-state index is 0.0112. The van der Waals surface area contributed by atoms with Gasteiger partial charge in [0.05, 0.1) is 24.7 Å². The molecule has 0 radical (unpaired) electrons. The third-order valence-corrected chi connectivity index (χ3v) is 8.43. The fourth-order valence-corrected chi connectivity index (χ4v) is 6.36. The van der Waals surface area contributed by atoms with Crippen LogP contribution in [0.2, 0.25) is 0 Å². The average Bonchev–Trinajstić information content (AvgIpc) is 3.36. The number of likely N-dealkylation sites (tertiary alicyclic amines) is 1. The van der Waals surface area contributed by atoms with Crippen LogP contribution in [0.3, 0.4) is 0 Å². The Morgan fingerprint density at radius 2 is 2.29 bits per heavy atom. The van der Waals surface area contributed by atoms with E-state index in [4.69, 9.17) is 10.5 Å². The summed E-state index contributed by atoms with van der Waals surface area (Å²) in [6.45, 7) is 2.21. The Balaban J connectivity index is 1.38. The number of benzene rings is 1. The number of hydrogen-bond acceptors (Lipinski definition) is 8. The van der Waals surface area contributed by atoms with Crippen LogP contribution in [0.1, 0.15) is 30.9 Å². The quantitative estimate of drug-likeness (QED) is 0.391. The lowest BCUT2D eigenvalue weighted by Crippen LogP contribution is -2.44. The lowest BCUT2D eigenvalue weighted by atomic mass is 9.81. The second-order valence-corrected chi connectivity index (χ2v) is 10.8. The summed E-state index contributed by atoms with van der Waals surface area (Å²) in [5.74, 6) is -0.175. The number of ether oxygens (including phenoxy) is 1. The number of fused-ring (bicyclic) bond motifs is 1. The molecule has 0 bridgehead atoms. The van der Waals surface area contributed by atoms with Crippen LogP contribution >= 0.6 is 23.1 Å². The number of methoxy groups -OCH3 is 1. The van der Waals surface area contributed by atoms with Gasteiger partial charge in [0, 0.05) is 47.4 Å². The lowest BCUT2D eigenvalue weighted by Gasteiger charge is -2.37. The van der Waals surface area contributed by atoms with Gasteiger partial charge in [-0.1, -0.05) is 11.8 Å². The van der Waals surface area contributed by atoms with Gasteiger partial charge in [-0.2, -0.15) is 0 Å². The maximum atomic E-state index is 14.8. The number of nitrogens with zero attached hydrogens (tertiary/aromatic N) is 3. The van der Waals surface area contributed by atoms with Crippen LogP contribution < -0.4 is 10.5 Å². The first kappa shape index (κ1) is 24.8. The molecule has 182 valence electrons. The summed E-state index contributed by atoms with van der Waals surface area (Å²) in [5.41, 5.74) is 7.52. The standard InChI is InChI=1S/C24H29FN4O3S2/c1-32-16-3-5-21-17(12-16)22(19(25)13-28-21)20(26)4-2-15-6-8-29(14-18(15)23(30)31)9-11-34-24-27-7-10-33-24/h3,5,7,10,12-13,15,18,20H,2,4,6,8-9,11,14,26H2,1H3,(H,30,31)/t15?,18?,20-/m1/s1. The highest BCUT2D eigenvalue weighted by atomic mass is 32.2. The number of pyridine rings is 1. The summed E-state index contributed by atoms with van der Waals surface area (Å²) in [6, 6.07) is 4.76. The number of thioether (sulfide) groups is 1. The number of aromatic nitrogens is 2. The molecule has 34 heavy (non-hydrogen) atoms. The van der Waals surface area contributed by atoms with E-state index in [2.05, 4.69) is 14.9 Å². The first-order chi connectivity index (χ1) is 16.5. The van der Waals surface area contributed by atoms with E-state index >= 15 is 0 Å². The smallest absolute Gasteiger partial charge is 0.308 e. The van der Waals surface area contributed by atoms with Gasteiger partial charge in [0.2, 0.25) is 0 Å². The van der Waals surface area contributed by atoms with Gasteiger partial charge in [-0.15, -0.1) is 11.3 Å². The van der Waals surface area contributed by atoms with Crippen molar-refractivity contribution in [3.05, 3.63) is 47.4 Å². The van der Waals surface area contributed by atoms with Gasteiger partial charge in [0.1, 0.15) is 15.9 Å². The van der Waals surface area contributed by atoms with Gasteiger partial charge in [-0.05, 0) is 49.9 Å². The second-order valence-electron chi connectivity index (χ2n) is 8.53. The molecule has 0 aliphatic carbocycles. The van der Waals surface area contributed by atoms with Crippen LogP contribution in [0.5, 0.6) is 5.75 Å². The number of halogens is 1. The summed E-state index contributed by atoms with van der Waals surface area (Å²) >= 11 is 3.32. The van der Waals surface area contributed by atoms with E-state index < -0.39 is 23.7 Å². The molecule has 1 fully saturated rings. The summed E-state index contributed by atoms with van der Waals surface area (Å²) in [4.78, 5) is 22.7. The lowest BCUT2D eigenvalue weighted by molar-refractivity contribution is -0.146. The normalized spacial score (nSPS) is 19.9. The second kappa shape index (κ2) is 11.4. The highest BCUT2D eigenvalue weighted by Gasteiger charge is 2.34. The molecule has 0 amide bonds. The predicted octanol–water partition coefficient (Wildman–Crippen LogP) is 4.43. The number of hydrogen-bond donors (Lipinski definition) is 2. The molecule has 7 nitrogen and oxygen atoms in total. The van der Waals surface area contributed by atoms with E-state index in [1.807, 2.05) is 5.38 Å². The van der Waals surface area contributed by atoms with E-state index in [0.717, 1.165) is 29.6 Å². The molecule has 4 rings (SSSR count). The number of thiazole rings is 1. The monoisotopic (exact) mass is 504 g/mol. The number of nitrogens with two attached hydrogens (primary N) is 1. The molecule has 1 aliphatic heterocycles. The fraction of sp³-hybridized carbons (Fsp3) is 0.458. The molecular formula is C24H29FN4O3S2. The van der Waals surface area contributed by atoms with Crippen molar-refractivity contribution < 1.29 is 19.0 Å². The summed E-state index contributed by atoms with van der Waals surface area (Å²) in [7, 11) is 1.56. The molecule has 1 saturated heterocycles. The van der Waals surface area contributed by atoms with Crippen LogP contribution in [0, 0.1) is 17.7 Å². The minimum Gasteiger partial charge on any atom is -0.497 e. The number of aliphatic carboxylic acids is 1. The van der Waals surface area contributed by atoms with Crippen molar-refractivity contribution in [3.63, 3.8) is 0 Å². The highest BCUT2D eigenvalue weighted by Crippen LogP contribution is 2.34. The topological polar surface area (TPSA) is 102 Å². The molecule has 3 atom stereocenters. The van der Waals surface area contributed by atoms with Crippen molar-refractivity contribution in [2.45, 2.75) is 29.6 Å². The van der Waals surface area contributed by atoms with Crippen molar-refractivity contribution in [1.82, 2.24) is 14.9 Å². The molecule has 1 aromatic carbocycles. The van der Waals surface area contributed by atoms with Crippen molar-refractivity contribution in [1.29, 1.82) is 0 Å². The molecule has 2 aromatic heterocycles. The van der Waals surface area contributed by atoms with Crippen LogP contribution in [0.25, 0.3) is 10.9 Å². The third-order valence-electron chi connectivity index (χ3n) is 6.49. The Hall–Kier alpha value is -2.27. The Morgan fingerprint density at radius 1 is 1.44 bits per heavy atom. The van der Waals surface area contributed by atoms with E-state index in [9.17, 15) is 14.3 Å². The maximum absolute atomic E-state index is 14.8. The number of piperidine rings is 1. The molecule has 0 saturated carbocycles. The largest absolute Gasteiger partial charge is 0.497 e. The number of carboxylic acids is 1. The zero-order valence-electron chi connectivity index (χ0n) is 19.0. The van der Waals surface area contributed by atoms with Crippen LogP contribution in [-0.4, -0.2) is 58.4 Å². The Bertz CT molecular complexity index is 1120. The van der Waals surface area contributed by atoms with Gasteiger partial charge >= 0.3 is 5.97 Å². The molecule has 3 N–H and O–H groups in total. The van der Waals surface area contributed by atoms with Gasteiger partial charge in [0.15, 0.2) is 0 Å². The van der Waals surface area contributed by atoms with Crippen molar-refractivity contribution in [2.24, 2.45) is 17.6 Å². The van der Waals surface area contributed by atoms with Crippen LogP contribution in [0.4, 0.5) is 4.39 Å². The van der Waals surface area contributed by atoms with Gasteiger partial charge in [-0.25, -0.2) is 9.37 Å². The van der Waals surface area contributed by atoms with Crippen LogP contribution in [-0.2, 0) is 4.79 Å². The first-order valence-electron chi connectivity index (χ1n) is 11.3. The Morgan fingerprint density at radius 3 is 3.03 bits per heavy atom. The molecule has 3 heterocycles. The van der Waals surface area contributed by atoms with E-state index in [0.29, 0.717) is 41.6 Å². The zero-order chi connectivity index (χ0) is 24.1. The molecule has 1 aliphatic rings. The number of carboxylic acid groups (broad SMARTS) is 1. The van der Waals surface area contributed by atoms with Gasteiger partial charge in [0.25, 0.3) is 0 Å². The van der Waals surface area contributed by atoms with Crippen molar-refractivity contribution in [2.75, 3.05) is 32.5 Å². The van der Waals surface area contributed by atoms with Crippen molar-refractivity contribution >= 4 is 40.0 Å². The molecule has 2 unspecified atom stereocenters. The fourth-order valence-electron chi connectivity index (χ4n) is 4.65. The van der Waals surface area contributed by atoms with E-state index in [-0.39, 0.29) is 5.92 Å². The average molecular weight is 505 g/mol. The van der Waals surface area contributed by atoms with E-state index in [1.165, 1.54) is 6.20 Å². The third kappa shape index (κ3) is 5.86. The summed E-state index contributed by atoms with van der Waals surface area (Å²) in [6.07, 6.45) is 4.92. The zero-order valence-corrected chi connectivity index (χ0v) is 20.7. The summed E-state index contributed by atoms with van der Waals surface area (Å²) in [5, 5.41) is 12.5. The minimum atomic E-state index is -0.777. The predicted molar refractivity (Wildman–Crippen MR) is 133 cm³/mol. The van der Waals surface area contributed by atoms with Gasteiger partial charge in [-0.3, -0.25) is 9.78 Å². The highest BCUT2D eigenvalue weighted by molar-refractivity contribution is 8.01. The van der Waals surface area contributed by atoms with E-state index in [1.54, 1.807) is 54.6 Å². The maximum Gasteiger partial charge on any atom is 0.308 e. The number of rotatable bonds is 10. The Kier molecular flexibility index (Phi) is 8.36. The molecule has 0 spiro atoms. The Labute approximate surface area is 206 Å². The summed E-state index contributed by atoms with van der Waals surface area (Å²) < 4.78 is 21.1. The SMILES string of the molecule is COc1ccc2ncc(F)c([C@H](N)CCC3CCN(CCSc4nccs4)CC3C(=O)O)c2c1. The number of carbonyl (C=O) groups is 1. The molecule has 3 aromatic rings. The van der Waals surface area contributed by atoms with Crippen LogP contribution in [0.15, 0.2) is 40.3 Å². The first-order valence-corrected chi connectivity index (χ1v) is 13.2.